The number of rotatable bonds is 2. The van der Waals surface area contributed by atoms with Crippen LogP contribution < -0.4 is 0 Å². The monoisotopic (exact) mass is 206 g/mol. The molecule has 0 spiro atoms. The van der Waals surface area contributed by atoms with Crippen molar-refractivity contribution in [2.75, 3.05) is 6.54 Å². The summed E-state index contributed by atoms with van der Waals surface area (Å²) >= 11 is 1.66. The summed E-state index contributed by atoms with van der Waals surface area (Å²) < 4.78 is 0. The third-order valence-electron chi connectivity index (χ3n) is 2.29. The first-order valence-electron chi connectivity index (χ1n) is 4.80. The molecule has 1 atom stereocenters. The van der Waals surface area contributed by atoms with Gasteiger partial charge in [-0.15, -0.1) is 0 Å². The van der Waals surface area contributed by atoms with E-state index in [1.165, 1.54) is 5.56 Å². The van der Waals surface area contributed by atoms with Crippen molar-refractivity contribution in [2.45, 2.75) is 18.7 Å². The van der Waals surface area contributed by atoms with E-state index in [2.05, 4.69) is 24.0 Å². The van der Waals surface area contributed by atoms with Crippen LogP contribution in [0.5, 0.6) is 0 Å². The van der Waals surface area contributed by atoms with Crippen LogP contribution in [0.2, 0.25) is 0 Å². The molecule has 0 unspecified atom stereocenters. The second-order valence-corrected chi connectivity index (χ2v) is 5.03. The predicted molar refractivity (Wildman–Crippen MR) is 61.6 cm³/mol. The first-order chi connectivity index (χ1) is 6.75. The summed E-state index contributed by atoms with van der Waals surface area (Å²) in [5.74, 6) is 0. The molecule has 2 rings (SSSR count). The molecule has 0 radical (unpaired) electrons. The lowest BCUT2D eigenvalue weighted by Crippen LogP contribution is -2.24. The van der Waals surface area contributed by atoms with Crippen molar-refractivity contribution < 1.29 is 0 Å². The van der Waals surface area contributed by atoms with Crippen LogP contribution in [0.4, 0.5) is 0 Å². The molecule has 1 aliphatic heterocycles. The molecule has 14 heavy (non-hydrogen) atoms. The van der Waals surface area contributed by atoms with Gasteiger partial charge in [0.1, 0.15) is 0 Å². The number of thioether (sulfide) groups is 1. The van der Waals surface area contributed by atoms with E-state index in [-0.39, 0.29) is 0 Å². The Morgan fingerprint density at radius 1 is 1.43 bits per heavy atom. The molecular weight excluding hydrogens is 192 g/mol. The topological polar surface area (TPSA) is 27.1 Å². The maximum atomic E-state index is 7.77. The average Bonchev–Trinajstić information content (AvgIpc) is 2.47. The lowest BCUT2D eigenvalue weighted by atomic mass is 10.2. The van der Waals surface area contributed by atoms with Gasteiger partial charge in [-0.2, -0.15) is 0 Å². The van der Waals surface area contributed by atoms with E-state index in [1.54, 1.807) is 11.8 Å². The number of nitrogens with zero attached hydrogens (tertiary/aromatic N) is 1. The first kappa shape index (κ1) is 9.59. The van der Waals surface area contributed by atoms with Crippen molar-refractivity contribution >= 4 is 16.9 Å². The second kappa shape index (κ2) is 4.05. The summed E-state index contributed by atoms with van der Waals surface area (Å²) in [6.07, 6.45) is 0. The number of hydrogen-bond donors (Lipinski definition) is 1. The minimum absolute atomic E-state index is 0.561. The minimum atomic E-state index is 0.561. The number of nitrogens with one attached hydrogen (secondary N) is 1. The Labute approximate surface area is 88.8 Å². The van der Waals surface area contributed by atoms with Gasteiger partial charge in [-0.05, 0) is 5.56 Å². The van der Waals surface area contributed by atoms with Crippen LogP contribution in [0, 0.1) is 5.41 Å². The average molecular weight is 206 g/mol. The Balaban J connectivity index is 2.02. The van der Waals surface area contributed by atoms with Crippen molar-refractivity contribution in [3.63, 3.8) is 0 Å². The smallest absolute Gasteiger partial charge is 0.157 e. The molecule has 1 fully saturated rings. The Kier molecular flexibility index (Phi) is 2.77. The molecule has 0 amide bonds. The van der Waals surface area contributed by atoms with Gasteiger partial charge in [0.25, 0.3) is 0 Å². The van der Waals surface area contributed by atoms with E-state index in [1.807, 2.05) is 18.2 Å². The fourth-order valence-corrected chi connectivity index (χ4v) is 2.56. The fraction of sp³-hybridized carbons (Fsp3) is 0.364. The van der Waals surface area contributed by atoms with Crippen molar-refractivity contribution in [3.05, 3.63) is 35.9 Å². The van der Waals surface area contributed by atoms with Crippen molar-refractivity contribution in [1.82, 2.24) is 4.90 Å². The molecule has 1 aliphatic rings. The van der Waals surface area contributed by atoms with Crippen molar-refractivity contribution in [2.24, 2.45) is 0 Å². The molecule has 0 aliphatic carbocycles. The molecular formula is C11H14N2S. The maximum absolute atomic E-state index is 7.77. The predicted octanol–water partition coefficient (Wildman–Crippen LogP) is 2.56. The molecule has 1 aromatic carbocycles. The molecule has 0 saturated carbocycles. The van der Waals surface area contributed by atoms with Crippen molar-refractivity contribution in [1.29, 1.82) is 5.41 Å². The Morgan fingerprint density at radius 2 is 2.14 bits per heavy atom. The standard InChI is InChI=1S/C11H14N2S/c1-9-7-13(11(12)14-9)8-10-5-3-2-4-6-10/h2-6,9,12H,7-8H2,1H3/t9-/m0/s1. The number of hydrogen-bond acceptors (Lipinski definition) is 2. The van der Waals surface area contributed by atoms with Gasteiger partial charge in [-0.3, -0.25) is 5.41 Å². The molecule has 2 nitrogen and oxygen atoms in total. The SMILES string of the molecule is C[C@H]1CN(Cc2ccccc2)C(=N)S1. The summed E-state index contributed by atoms with van der Waals surface area (Å²) in [7, 11) is 0. The highest BCUT2D eigenvalue weighted by Crippen LogP contribution is 2.25. The van der Waals surface area contributed by atoms with Gasteiger partial charge >= 0.3 is 0 Å². The van der Waals surface area contributed by atoms with Crippen LogP contribution in [-0.4, -0.2) is 21.9 Å². The molecule has 1 saturated heterocycles. The lowest BCUT2D eigenvalue weighted by molar-refractivity contribution is 0.435. The van der Waals surface area contributed by atoms with Crippen LogP contribution in [0.3, 0.4) is 0 Å². The zero-order valence-electron chi connectivity index (χ0n) is 8.23. The van der Waals surface area contributed by atoms with E-state index in [4.69, 9.17) is 5.41 Å². The lowest BCUT2D eigenvalue weighted by Gasteiger charge is -2.16. The largest absolute Gasteiger partial charge is 0.346 e. The molecule has 1 aromatic rings. The summed E-state index contributed by atoms with van der Waals surface area (Å²) in [6, 6.07) is 10.3. The van der Waals surface area contributed by atoms with E-state index in [9.17, 15) is 0 Å². The second-order valence-electron chi connectivity index (χ2n) is 3.60. The van der Waals surface area contributed by atoms with Gasteiger partial charge in [0.05, 0.1) is 0 Å². The Hall–Kier alpha value is -0.960. The molecule has 74 valence electrons. The summed E-state index contributed by atoms with van der Waals surface area (Å²) in [6.45, 7) is 4.04. The summed E-state index contributed by atoms with van der Waals surface area (Å²) in [5, 5.41) is 9.05. The molecule has 3 heteroatoms. The molecule has 0 aromatic heterocycles. The van der Waals surface area contributed by atoms with Gasteiger partial charge in [-0.1, -0.05) is 49.0 Å². The molecule has 1 heterocycles. The zero-order chi connectivity index (χ0) is 9.97. The van der Waals surface area contributed by atoms with Gasteiger partial charge < -0.3 is 4.90 Å². The van der Waals surface area contributed by atoms with Gasteiger partial charge in [0, 0.05) is 18.3 Å². The van der Waals surface area contributed by atoms with Gasteiger partial charge in [0.15, 0.2) is 5.17 Å². The van der Waals surface area contributed by atoms with Gasteiger partial charge in [0.2, 0.25) is 0 Å². The van der Waals surface area contributed by atoms with E-state index >= 15 is 0 Å². The van der Waals surface area contributed by atoms with Crippen molar-refractivity contribution in [3.8, 4) is 0 Å². The Bertz CT molecular complexity index is 323. The quantitative estimate of drug-likeness (QED) is 0.805. The van der Waals surface area contributed by atoms with E-state index in [0.29, 0.717) is 10.4 Å². The fourth-order valence-electron chi connectivity index (χ4n) is 1.64. The highest BCUT2D eigenvalue weighted by molar-refractivity contribution is 8.14. The number of benzene rings is 1. The van der Waals surface area contributed by atoms with Crippen LogP contribution >= 0.6 is 11.8 Å². The summed E-state index contributed by atoms with van der Waals surface area (Å²) in [4.78, 5) is 2.13. The first-order valence-corrected chi connectivity index (χ1v) is 5.68. The highest BCUT2D eigenvalue weighted by Gasteiger charge is 2.23. The van der Waals surface area contributed by atoms with Crippen LogP contribution in [0.15, 0.2) is 30.3 Å². The Morgan fingerprint density at radius 3 is 2.71 bits per heavy atom. The highest BCUT2D eigenvalue weighted by atomic mass is 32.2. The minimum Gasteiger partial charge on any atom is -0.346 e. The van der Waals surface area contributed by atoms with Crippen LogP contribution in [0.25, 0.3) is 0 Å². The third kappa shape index (κ3) is 2.10. The van der Waals surface area contributed by atoms with E-state index < -0.39 is 0 Å². The van der Waals surface area contributed by atoms with Crippen LogP contribution in [0.1, 0.15) is 12.5 Å². The number of amidine groups is 1. The van der Waals surface area contributed by atoms with Crippen LogP contribution in [-0.2, 0) is 6.54 Å². The molecule has 1 N–H and O–H groups in total. The zero-order valence-corrected chi connectivity index (χ0v) is 9.05. The third-order valence-corrected chi connectivity index (χ3v) is 3.33. The maximum Gasteiger partial charge on any atom is 0.157 e. The molecule has 0 bridgehead atoms. The van der Waals surface area contributed by atoms with E-state index in [0.717, 1.165) is 13.1 Å². The summed E-state index contributed by atoms with van der Waals surface area (Å²) in [5.41, 5.74) is 1.28. The normalized spacial score (nSPS) is 21.6. The van der Waals surface area contributed by atoms with Gasteiger partial charge in [-0.25, -0.2) is 0 Å².